The molecule has 1 rings (SSSR count). The van der Waals surface area contributed by atoms with Crippen LogP contribution in [0.1, 0.15) is 0 Å². The van der Waals surface area contributed by atoms with Gasteiger partial charge in [0.1, 0.15) is 0 Å². The third kappa shape index (κ3) is 12.0. The van der Waals surface area contributed by atoms with Crippen LogP contribution in [0.4, 0.5) is 0 Å². The van der Waals surface area contributed by atoms with Crippen molar-refractivity contribution in [3.8, 4) is 0 Å². The average Bonchev–Trinajstić information content (AvgIpc) is 1.72. The minimum Gasteiger partial charge on any atom is -0.265 e. The summed E-state index contributed by atoms with van der Waals surface area (Å²) >= 11 is 0. The molecule has 10 heavy (non-hydrogen) atoms. The number of hydrogen-bond donors (Lipinski definition) is 0. The van der Waals surface area contributed by atoms with Gasteiger partial charge in [0, 0.05) is 12.4 Å². The standard InChI is InChI=1S/C5H5N.BrH.ClH.Li.Mg/c1-2-4-6-5-3-1;;;;/h1-5H;2*1H;;/q;;;+1;+2. The number of pyridine rings is 1. The van der Waals surface area contributed by atoms with Crippen LogP contribution in [0.25, 0.3) is 0 Å². The smallest absolute Gasteiger partial charge is 0.265 e. The molecule has 0 aliphatic carbocycles. The zero-order valence-corrected chi connectivity index (χ0v) is 9.80. The van der Waals surface area contributed by atoms with E-state index in [2.05, 4.69) is 4.98 Å². The van der Waals surface area contributed by atoms with E-state index in [9.17, 15) is 0 Å². The number of halogens is 2. The van der Waals surface area contributed by atoms with Crippen molar-refractivity contribution in [1.29, 1.82) is 0 Å². The van der Waals surface area contributed by atoms with Crippen LogP contribution in [0.3, 0.4) is 0 Å². The number of aromatic nitrogens is 1. The normalized spacial score (nSPS) is 4.80. The van der Waals surface area contributed by atoms with Crippen molar-refractivity contribution in [3.05, 3.63) is 30.6 Å². The Morgan fingerprint density at radius 1 is 0.900 bits per heavy atom. The van der Waals surface area contributed by atoms with Gasteiger partial charge in [-0.2, -0.15) is 0 Å². The van der Waals surface area contributed by atoms with Gasteiger partial charge in [0.15, 0.2) is 0 Å². The maximum atomic E-state index is 3.78. The zero-order chi connectivity index (χ0) is 4.24. The fourth-order valence-corrected chi connectivity index (χ4v) is 0.313. The Hall–Kier alpha value is 1.28. The van der Waals surface area contributed by atoms with Gasteiger partial charge in [0.2, 0.25) is 0 Å². The van der Waals surface area contributed by atoms with Crippen molar-refractivity contribution in [1.82, 2.24) is 4.98 Å². The van der Waals surface area contributed by atoms with E-state index in [-0.39, 0.29) is 71.3 Å². The summed E-state index contributed by atoms with van der Waals surface area (Å²) in [7, 11) is 0. The second-order valence-electron chi connectivity index (χ2n) is 1.02. The first-order valence-corrected chi connectivity index (χ1v) is 1.85. The predicted molar refractivity (Wildman–Crippen MR) is 47.6 cm³/mol. The molecule has 0 bridgehead atoms. The van der Waals surface area contributed by atoms with Gasteiger partial charge in [0.05, 0.1) is 0 Å². The SMILES string of the molecule is Br.Cl.[Li+].[Mg+2].c1ccncc1. The molecule has 0 saturated heterocycles. The first kappa shape index (κ1) is 22.5. The molecule has 0 atom stereocenters. The summed E-state index contributed by atoms with van der Waals surface area (Å²) in [6, 6.07) is 5.72. The summed E-state index contributed by atoms with van der Waals surface area (Å²) in [4.78, 5) is 3.78. The fraction of sp³-hybridized carbons (Fsp3) is 0. The van der Waals surface area contributed by atoms with Gasteiger partial charge < -0.3 is 0 Å². The van der Waals surface area contributed by atoms with Gasteiger partial charge in [-0.3, -0.25) is 4.98 Å². The summed E-state index contributed by atoms with van der Waals surface area (Å²) in [6.45, 7) is 0. The largest absolute Gasteiger partial charge is 2.00 e. The number of nitrogens with zero attached hydrogens (tertiary/aromatic N) is 1. The van der Waals surface area contributed by atoms with Crippen molar-refractivity contribution >= 4 is 52.4 Å². The van der Waals surface area contributed by atoms with Crippen LogP contribution in [0.2, 0.25) is 0 Å². The van der Waals surface area contributed by atoms with E-state index in [0.717, 1.165) is 0 Å². The molecule has 1 nitrogen and oxygen atoms in total. The molecular formula is C5H7BrClLiMgN+3. The molecule has 0 aliphatic rings. The van der Waals surface area contributed by atoms with Crippen molar-refractivity contribution < 1.29 is 18.9 Å². The van der Waals surface area contributed by atoms with E-state index in [0.29, 0.717) is 0 Å². The molecular weight excluding hydrogens is 221 g/mol. The van der Waals surface area contributed by atoms with Crippen LogP contribution < -0.4 is 18.9 Å². The molecule has 1 aromatic rings. The minimum absolute atomic E-state index is 0. The molecule has 0 spiro atoms. The van der Waals surface area contributed by atoms with Crippen molar-refractivity contribution in [2.24, 2.45) is 0 Å². The van der Waals surface area contributed by atoms with Crippen LogP contribution in [0, 0.1) is 0 Å². The topological polar surface area (TPSA) is 12.9 Å². The molecule has 0 aliphatic heterocycles. The predicted octanol–water partition coefficient (Wildman–Crippen LogP) is -1.30. The quantitative estimate of drug-likeness (QED) is 0.503. The molecule has 0 fully saturated rings. The van der Waals surface area contributed by atoms with E-state index in [4.69, 9.17) is 0 Å². The van der Waals surface area contributed by atoms with Crippen LogP contribution >= 0.6 is 29.4 Å². The summed E-state index contributed by atoms with van der Waals surface area (Å²) in [5, 5.41) is 0. The van der Waals surface area contributed by atoms with E-state index < -0.39 is 0 Å². The molecule has 1 aromatic heterocycles. The number of rotatable bonds is 0. The fourth-order valence-electron chi connectivity index (χ4n) is 0.313. The summed E-state index contributed by atoms with van der Waals surface area (Å²) < 4.78 is 0. The molecule has 0 amide bonds. The molecule has 0 radical (unpaired) electrons. The van der Waals surface area contributed by atoms with E-state index >= 15 is 0 Å². The van der Waals surface area contributed by atoms with Crippen molar-refractivity contribution in [2.75, 3.05) is 0 Å². The zero-order valence-electron chi connectivity index (χ0n) is 5.86. The first-order chi connectivity index (χ1) is 3.00. The van der Waals surface area contributed by atoms with Crippen molar-refractivity contribution in [3.63, 3.8) is 0 Å². The second kappa shape index (κ2) is 16.7. The molecule has 46 valence electrons. The van der Waals surface area contributed by atoms with Crippen LogP contribution in [0.5, 0.6) is 0 Å². The summed E-state index contributed by atoms with van der Waals surface area (Å²) in [5.41, 5.74) is 0. The van der Waals surface area contributed by atoms with Gasteiger partial charge in [-0.15, -0.1) is 29.4 Å². The first-order valence-electron chi connectivity index (χ1n) is 1.85. The molecule has 0 N–H and O–H groups in total. The molecule has 0 saturated carbocycles. The third-order valence-electron chi connectivity index (χ3n) is 0.566. The van der Waals surface area contributed by atoms with E-state index in [1.54, 1.807) is 12.4 Å². The molecule has 0 unspecified atom stereocenters. The van der Waals surface area contributed by atoms with Crippen LogP contribution in [0.15, 0.2) is 30.6 Å². The molecule has 0 aromatic carbocycles. The van der Waals surface area contributed by atoms with Crippen molar-refractivity contribution in [2.45, 2.75) is 0 Å². The van der Waals surface area contributed by atoms with Gasteiger partial charge in [-0.25, -0.2) is 0 Å². The maximum absolute atomic E-state index is 3.78. The Balaban J connectivity index is -0.0000000450. The average molecular weight is 228 g/mol. The van der Waals surface area contributed by atoms with Gasteiger partial charge >= 0.3 is 41.9 Å². The van der Waals surface area contributed by atoms with Gasteiger partial charge in [-0.1, -0.05) is 6.07 Å². The Morgan fingerprint density at radius 3 is 1.40 bits per heavy atom. The minimum atomic E-state index is 0. The van der Waals surface area contributed by atoms with Gasteiger partial charge in [-0.05, 0) is 12.1 Å². The van der Waals surface area contributed by atoms with E-state index in [1.165, 1.54) is 0 Å². The van der Waals surface area contributed by atoms with Crippen LogP contribution in [-0.4, -0.2) is 28.0 Å². The van der Waals surface area contributed by atoms with Crippen LogP contribution in [-0.2, 0) is 0 Å². The number of hydrogen-bond acceptors (Lipinski definition) is 1. The monoisotopic (exact) mass is 226 g/mol. The third-order valence-corrected chi connectivity index (χ3v) is 0.566. The Bertz CT molecular complexity index is 93.6. The Morgan fingerprint density at radius 2 is 1.30 bits per heavy atom. The summed E-state index contributed by atoms with van der Waals surface area (Å²) in [6.07, 6.45) is 3.50. The Kier molecular flexibility index (Phi) is 37.6. The summed E-state index contributed by atoms with van der Waals surface area (Å²) in [5.74, 6) is 0. The van der Waals surface area contributed by atoms with E-state index in [1.807, 2.05) is 18.2 Å². The Labute approximate surface area is 106 Å². The maximum Gasteiger partial charge on any atom is 2.00 e. The molecule has 1 heterocycles. The molecule has 5 heteroatoms. The second-order valence-corrected chi connectivity index (χ2v) is 1.02. The van der Waals surface area contributed by atoms with Gasteiger partial charge in [0.25, 0.3) is 0 Å².